The van der Waals surface area contributed by atoms with Crippen molar-refractivity contribution in [1.29, 1.82) is 0 Å². The Kier molecular flexibility index (Phi) is 5.57. The van der Waals surface area contributed by atoms with Gasteiger partial charge < -0.3 is 16.0 Å². The van der Waals surface area contributed by atoms with Gasteiger partial charge in [-0.25, -0.2) is 0 Å². The summed E-state index contributed by atoms with van der Waals surface area (Å²) >= 11 is 0. The van der Waals surface area contributed by atoms with E-state index in [9.17, 15) is 0 Å². The van der Waals surface area contributed by atoms with E-state index in [-0.39, 0.29) is 0 Å². The zero-order valence-corrected chi connectivity index (χ0v) is 17.3. The van der Waals surface area contributed by atoms with Crippen LogP contribution in [0.1, 0.15) is 16.7 Å². The monoisotopic (exact) mass is 396 g/mol. The van der Waals surface area contributed by atoms with Gasteiger partial charge in [-0.2, -0.15) is 0 Å². The van der Waals surface area contributed by atoms with Crippen molar-refractivity contribution in [3.63, 3.8) is 0 Å². The normalized spacial score (nSPS) is 10.5. The lowest BCUT2D eigenvalue weighted by Crippen LogP contribution is -2.08. The van der Waals surface area contributed by atoms with E-state index in [0.29, 0.717) is 11.6 Å². The first-order valence-electron chi connectivity index (χ1n) is 9.81. The number of anilines is 6. The second-order valence-electron chi connectivity index (χ2n) is 7.35. The van der Waals surface area contributed by atoms with E-state index in [2.05, 4.69) is 88.5 Å². The van der Waals surface area contributed by atoms with Crippen molar-refractivity contribution in [1.82, 2.24) is 15.4 Å². The molecule has 0 saturated heterocycles. The van der Waals surface area contributed by atoms with Crippen molar-refractivity contribution in [2.45, 2.75) is 20.8 Å². The van der Waals surface area contributed by atoms with Crippen LogP contribution in [0.5, 0.6) is 0 Å². The average Bonchev–Trinajstić information content (AvgIpc) is 2.70. The van der Waals surface area contributed by atoms with Crippen molar-refractivity contribution in [3.05, 3.63) is 89.5 Å². The summed E-state index contributed by atoms with van der Waals surface area (Å²) in [4.78, 5) is 0. The molecule has 0 radical (unpaired) electrons. The van der Waals surface area contributed by atoms with Gasteiger partial charge in [-0.05, 0) is 79.1 Å². The van der Waals surface area contributed by atoms with Gasteiger partial charge in [0.05, 0.1) is 0 Å². The number of rotatable bonds is 6. The molecule has 0 atom stereocenters. The third-order valence-corrected chi connectivity index (χ3v) is 4.61. The number of nitrogens with one attached hydrogen (secondary N) is 3. The molecule has 0 amide bonds. The van der Waals surface area contributed by atoms with Crippen LogP contribution in [0.4, 0.5) is 34.4 Å². The summed E-state index contributed by atoms with van der Waals surface area (Å²) in [6, 6.07) is 24.4. The maximum Gasteiger partial charge on any atom is 0.182 e. The predicted molar refractivity (Wildman–Crippen MR) is 123 cm³/mol. The molecule has 0 unspecified atom stereocenters. The SMILES string of the molecule is Cc1cccc(Nc2nnnc(Nc3cccc(C)c3)c2Nc2cccc(C)c2)c1. The highest BCUT2D eigenvalue weighted by Gasteiger charge is 2.14. The van der Waals surface area contributed by atoms with Gasteiger partial charge in [0.25, 0.3) is 0 Å². The number of aryl methyl sites for hydroxylation is 3. The topological polar surface area (TPSA) is 74.8 Å². The minimum Gasteiger partial charge on any atom is -0.349 e. The number of nitrogens with zero attached hydrogens (tertiary/aromatic N) is 3. The van der Waals surface area contributed by atoms with E-state index < -0.39 is 0 Å². The smallest absolute Gasteiger partial charge is 0.182 e. The first kappa shape index (κ1) is 19.4. The minimum atomic E-state index is 0.590. The molecule has 4 rings (SSSR count). The second kappa shape index (κ2) is 8.61. The molecule has 150 valence electrons. The highest BCUT2D eigenvalue weighted by atomic mass is 15.4. The van der Waals surface area contributed by atoms with Crippen LogP contribution in [-0.4, -0.2) is 15.4 Å². The van der Waals surface area contributed by atoms with Gasteiger partial charge in [-0.15, -0.1) is 10.2 Å². The fourth-order valence-electron chi connectivity index (χ4n) is 3.20. The largest absolute Gasteiger partial charge is 0.349 e. The van der Waals surface area contributed by atoms with E-state index >= 15 is 0 Å². The Bertz CT molecular complexity index is 1110. The Morgan fingerprint density at radius 3 is 1.33 bits per heavy atom. The molecule has 30 heavy (non-hydrogen) atoms. The summed E-state index contributed by atoms with van der Waals surface area (Å²) in [5.41, 5.74) is 7.02. The lowest BCUT2D eigenvalue weighted by Gasteiger charge is -2.17. The summed E-state index contributed by atoms with van der Waals surface area (Å²) in [5, 5.41) is 22.7. The minimum absolute atomic E-state index is 0.590. The molecule has 3 aromatic carbocycles. The van der Waals surface area contributed by atoms with Gasteiger partial charge in [-0.1, -0.05) is 36.4 Å². The van der Waals surface area contributed by atoms with E-state index in [0.717, 1.165) is 39.4 Å². The zero-order chi connectivity index (χ0) is 20.9. The van der Waals surface area contributed by atoms with Gasteiger partial charge in [0.15, 0.2) is 11.6 Å². The van der Waals surface area contributed by atoms with Crippen LogP contribution in [-0.2, 0) is 0 Å². The third-order valence-electron chi connectivity index (χ3n) is 4.61. The molecular formula is C24H24N6. The standard InChI is InChI=1S/C24H24N6/c1-16-7-4-10-19(13-16)25-22-23(26-20-11-5-8-17(2)14-20)28-30-29-24(22)27-21-12-6-9-18(3)15-21/h4-15H,1-3H3,(H,25,30)(H2,26,27,28,29). The molecule has 0 saturated carbocycles. The molecule has 1 aromatic heterocycles. The van der Waals surface area contributed by atoms with Crippen LogP contribution >= 0.6 is 0 Å². The fraction of sp³-hybridized carbons (Fsp3) is 0.125. The molecule has 0 aliphatic rings. The lowest BCUT2D eigenvalue weighted by atomic mass is 10.2. The highest BCUT2D eigenvalue weighted by Crippen LogP contribution is 2.33. The molecule has 0 aliphatic carbocycles. The quantitative estimate of drug-likeness (QED) is 0.370. The molecule has 0 fully saturated rings. The Morgan fingerprint density at radius 2 is 0.933 bits per heavy atom. The summed E-state index contributed by atoms with van der Waals surface area (Å²) in [7, 11) is 0. The van der Waals surface area contributed by atoms with Crippen molar-refractivity contribution >= 4 is 34.4 Å². The Balaban J connectivity index is 1.74. The van der Waals surface area contributed by atoms with Crippen LogP contribution in [0, 0.1) is 20.8 Å². The van der Waals surface area contributed by atoms with Gasteiger partial charge in [-0.3, -0.25) is 0 Å². The van der Waals surface area contributed by atoms with Crippen molar-refractivity contribution in [2.24, 2.45) is 0 Å². The number of aromatic nitrogens is 3. The van der Waals surface area contributed by atoms with Crippen molar-refractivity contribution < 1.29 is 0 Å². The Labute approximate surface area is 176 Å². The van der Waals surface area contributed by atoms with E-state index in [1.807, 2.05) is 36.4 Å². The maximum atomic E-state index is 4.27. The van der Waals surface area contributed by atoms with Gasteiger partial charge in [0, 0.05) is 17.1 Å². The molecule has 3 N–H and O–H groups in total. The van der Waals surface area contributed by atoms with E-state index in [1.165, 1.54) is 0 Å². The molecule has 0 spiro atoms. The van der Waals surface area contributed by atoms with Crippen LogP contribution in [0.15, 0.2) is 72.8 Å². The molecule has 0 aliphatic heterocycles. The van der Waals surface area contributed by atoms with Gasteiger partial charge in [0.1, 0.15) is 5.69 Å². The fourth-order valence-corrected chi connectivity index (χ4v) is 3.20. The number of hydrogen-bond acceptors (Lipinski definition) is 6. The lowest BCUT2D eigenvalue weighted by molar-refractivity contribution is 0.879. The second-order valence-corrected chi connectivity index (χ2v) is 7.35. The average molecular weight is 396 g/mol. The molecule has 6 nitrogen and oxygen atoms in total. The van der Waals surface area contributed by atoms with Crippen LogP contribution in [0.2, 0.25) is 0 Å². The molecule has 1 heterocycles. The first-order chi connectivity index (χ1) is 14.6. The molecular weight excluding hydrogens is 372 g/mol. The molecule has 4 aromatic rings. The van der Waals surface area contributed by atoms with Gasteiger partial charge >= 0.3 is 0 Å². The molecule has 6 heteroatoms. The summed E-state index contributed by atoms with van der Waals surface area (Å²) in [6.07, 6.45) is 0. The highest BCUT2D eigenvalue weighted by molar-refractivity contribution is 5.85. The van der Waals surface area contributed by atoms with Crippen molar-refractivity contribution in [3.8, 4) is 0 Å². The summed E-state index contributed by atoms with van der Waals surface area (Å²) in [6.45, 7) is 6.17. The predicted octanol–water partition coefficient (Wildman–Crippen LogP) is 6.03. The molecule has 0 bridgehead atoms. The summed E-state index contributed by atoms with van der Waals surface area (Å²) in [5.74, 6) is 1.18. The third kappa shape index (κ3) is 4.72. The Morgan fingerprint density at radius 1 is 0.533 bits per heavy atom. The first-order valence-corrected chi connectivity index (χ1v) is 9.81. The number of hydrogen-bond donors (Lipinski definition) is 3. The maximum absolute atomic E-state index is 4.27. The van der Waals surface area contributed by atoms with E-state index in [4.69, 9.17) is 0 Å². The van der Waals surface area contributed by atoms with Crippen LogP contribution in [0.3, 0.4) is 0 Å². The summed E-state index contributed by atoms with van der Waals surface area (Å²) < 4.78 is 0. The van der Waals surface area contributed by atoms with Crippen LogP contribution in [0.25, 0.3) is 0 Å². The van der Waals surface area contributed by atoms with Crippen molar-refractivity contribution in [2.75, 3.05) is 16.0 Å². The van der Waals surface area contributed by atoms with E-state index in [1.54, 1.807) is 0 Å². The van der Waals surface area contributed by atoms with Gasteiger partial charge in [0.2, 0.25) is 0 Å². The number of benzene rings is 3. The van der Waals surface area contributed by atoms with Crippen LogP contribution < -0.4 is 16.0 Å². The zero-order valence-electron chi connectivity index (χ0n) is 17.3. The Hall–Kier alpha value is -3.93.